The van der Waals surface area contributed by atoms with Crippen molar-refractivity contribution in [3.8, 4) is 0 Å². The summed E-state index contributed by atoms with van der Waals surface area (Å²) in [6.45, 7) is 1.81. The standard InChI is InChI=1S/C14H14F3NO/c1-9(4-5-11-3-2-6-19-11)18-13-8-10(15)7-12(16)14(13)17/h2-3,6-9,18H,4-5H2,1H3. The van der Waals surface area contributed by atoms with Gasteiger partial charge in [-0.3, -0.25) is 0 Å². The molecule has 0 amide bonds. The molecule has 0 spiro atoms. The van der Waals surface area contributed by atoms with Crippen LogP contribution in [0.2, 0.25) is 0 Å². The fraction of sp³-hybridized carbons (Fsp3) is 0.286. The number of anilines is 1. The number of hydrogen-bond donors (Lipinski definition) is 1. The van der Waals surface area contributed by atoms with Crippen molar-refractivity contribution in [2.75, 3.05) is 5.32 Å². The molecule has 0 saturated heterocycles. The number of halogens is 3. The number of nitrogens with one attached hydrogen (secondary N) is 1. The molecule has 0 bridgehead atoms. The molecule has 1 aromatic heterocycles. The van der Waals surface area contributed by atoms with Gasteiger partial charge in [0.15, 0.2) is 11.6 Å². The lowest BCUT2D eigenvalue weighted by Crippen LogP contribution is -2.17. The summed E-state index contributed by atoms with van der Waals surface area (Å²) in [6.07, 6.45) is 2.90. The van der Waals surface area contributed by atoms with Gasteiger partial charge in [-0.05, 0) is 25.5 Å². The van der Waals surface area contributed by atoms with Crippen molar-refractivity contribution >= 4 is 5.69 Å². The van der Waals surface area contributed by atoms with E-state index in [2.05, 4.69) is 5.32 Å². The molecule has 1 unspecified atom stereocenters. The summed E-state index contributed by atoms with van der Waals surface area (Å²) >= 11 is 0. The molecule has 0 radical (unpaired) electrons. The second-order valence-corrected chi connectivity index (χ2v) is 4.41. The van der Waals surface area contributed by atoms with Crippen LogP contribution in [0.1, 0.15) is 19.1 Å². The molecule has 1 heterocycles. The summed E-state index contributed by atoms with van der Waals surface area (Å²) < 4.78 is 44.6. The summed E-state index contributed by atoms with van der Waals surface area (Å²) in [5.74, 6) is -2.24. The third kappa shape index (κ3) is 3.53. The van der Waals surface area contributed by atoms with Gasteiger partial charge in [0, 0.05) is 24.6 Å². The van der Waals surface area contributed by atoms with Crippen LogP contribution in [0, 0.1) is 17.5 Å². The Labute approximate surface area is 109 Å². The zero-order valence-corrected chi connectivity index (χ0v) is 10.4. The van der Waals surface area contributed by atoms with Gasteiger partial charge < -0.3 is 9.73 Å². The maximum absolute atomic E-state index is 13.4. The van der Waals surface area contributed by atoms with Crippen LogP contribution in [0.25, 0.3) is 0 Å². The molecule has 5 heteroatoms. The Morgan fingerprint density at radius 1 is 1.26 bits per heavy atom. The van der Waals surface area contributed by atoms with Crippen LogP contribution in [0.3, 0.4) is 0 Å². The van der Waals surface area contributed by atoms with E-state index in [1.165, 1.54) is 0 Å². The van der Waals surface area contributed by atoms with Gasteiger partial charge in [0.25, 0.3) is 0 Å². The Bertz CT molecular complexity index is 540. The number of aryl methyl sites for hydroxylation is 1. The first-order valence-corrected chi connectivity index (χ1v) is 5.99. The van der Waals surface area contributed by atoms with Gasteiger partial charge >= 0.3 is 0 Å². The second-order valence-electron chi connectivity index (χ2n) is 4.41. The molecule has 2 nitrogen and oxygen atoms in total. The Morgan fingerprint density at radius 2 is 2.05 bits per heavy atom. The van der Waals surface area contributed by atoms with Crippen molar-refractivity contribution in [1.82, 2.24) is 0 Å². The Morgan fingerprint density at radius 3 is 2.74 bits per heavy atom. The molecule has 1 aromatic carbocycles. The summed E-state index contributed by atoms with van der Waals surface area (Å²) in [5, 5.41) is 2.76. The van der Waals surface area contributed by atoms with E-state index in [-0.39, 0.29) is 11.7 Å². The van der Waals surface area contributed by atoms with Crippen molar-refractivity contribution in [2.45, 2.75) is 25.8 Å². The van der Waals surface area contributed by atoms with Gasteiger partial charge in [-0.25, -0.2) is 13.2 Å². The fourth-order valence-corrected chi connectivity index (χ4v) is 1.81. The molecule has 1 atom stereocenters. The van der Waals surface area contributed by atoms with Crippen LogP contribution in [0.15, 0.2) is 34.9 Å². The lowest BCUT2D eigenvalue weighted by molar-refractivity contribution is 0.488. The number of furan rings is 1. The Hall–Kier alpha value is -1.91. The average Bonchev–Trinajstić information content (AvgIpc) is 2.86. The molecular formula is C14H14F3NO. The highest BCUT2D eigenvalue weighted by Gasteiger charge is 2.13. The van der Waals surface area contributed by atoms with E-state index in [9.17, 15) is 13.2 Å². The molecular weight excluding hydrogens is 255 g/mol. The molecule has 2 aromatic rings. The Kier molecular flexibility index (Phi) is 4.14. The van der Waals surface area contributed by atoms with Crippen molar-refractivity contribution in [2.24, 2.45) is 0 Å². The van der Waals surface area contributed by atoms with Crippen LogP contribution in [0.5, 0.6) is 0 Å². The van der Waals surface area contributed by atoms with Crippen molar-refractivity contribution in [1.29, 1.82) is 0 Å². The van der Waals surface area contributed by atoms with Crippen LogP contribution >= 0.6 is 0 Å². The Balaban J connectivity index is 1.97. The lowest BCUT2D eigenvalue weighted by Gasteiger charge is -2.15. The number of benzene rings is 1. The molecule has 0 fully saturated rings. The van der Waals surface area contributed by atoms with Crippen molar-refractivity contribution in [3.05, 3.63) is 53.7 Å². The zero-order valence-electron chi connectivity index (χ0n) is 10.4. The highest BCUT2D eigenvalue weighted by Crippen LogP contribution is 2.20. The van der Waals surface area contributed by atoms with E-state index in [0.29, 0.717) is 18.9 Å². The quantitative estimate of drug-likeness (QED) is 0.826. The predicted octanol–water partition coefficient (Wildman–Crippen LogP) is 4.13. The highest BCUT2D eigenvalue weighted by molar-refractivity contribution is 5.46. The first-order chi connectivity index (χ1) is 9.06. The maximum Gasteiger partial charge on any atom is 0.182 e. The molecule has 102 valence electrons. The lowest BCUT2D eigenvalue weighted by atomic mass is 10.1. The van der Waals surface area contributed by atoms with Crippen LogP contribution in [-0.4, -0.2) is 6.04 Å². The van der Waals surface area contributed by atoms with Crippen LogP contribution in [0.4, 0.5) is 18.9 Å². The number of hydrogen-bond acceptors (Lipinski definition) is 2. The third-order valence-corrected chi connectivity index (χ3v) is 2.80. The third-order valence-electron chi connectivity index (χ3n) is 2.80. The molecule has 2 rings (SSSR count). The zero-order chi connectivity index (χ0) is 13.8. The SMILES string of the molecule is CC(CCc1ccco1)Nc1cc(F)cc(F)c1F. The largest absolute Gasteiger partial charge is 0.469 e. The topological polar surface area (TPSA) is 25.2 Å². The average molecular weight is 269 g/mol. The molecule has 19 heavy (non-hydrogen) atoms. The maximum atomic E-state index is 13.4. The van der Waals surface area contributed by atoms with Crippen LogP contribution < -0.4 is 5.32 Å². The predicted molar refractivity (Wildman–Crippen MR) is 66.4 cm³/mol. The van der Waals surface area contributed by atoms with E-state index in [4.69, 9.17) is 4.42 Å². The molecule has 0 aliphatic heterocycles. The summed E-state index contributed by atoms with van der Waals surface area (Å²) in [7, 11) is 0. The first kappa shape index (κ1) is 13.5. The van der Waals surface area contributed by atoms with E-state index in [0.717, 1.165) is 11.8 Å². The summed E-state index contributed by atoms with van der Waals surface area (Å²) in [5.41, 5.74) is -0.163. The first-order valence-electron chi connectivity index (χ1n) is 5.99. The van der Waals surface area contributed by atoms with E-state index < -0.39 is 17.5 Å². The van der Waals surface area contributed by atoms with Gasteiger partial charge in [0.2, 0.25) is 0 Å². The fourth-order valence-electron chi connectivity index (χ4n) is 1.81. The van der Waals surface area contributed by atoms with Gasteiger partial charge in [-0.15, -0.1) is 0 Å². The highest BCUT2D eigenvalue weighted by atomic mass is 19.2. The van der Waals surface area contributed by atoms with E-state index in [1.54, 1.807) is 12.3 Å². The van der Waals surface area contributed by atoms with E-state index >= 15 is 0 Å². The summed E-state index contributed by atoms with van der Waals surface area (Å²) in [6, 6.07) is 4.96. The summed E-state index contributed by atoms with van der Waals surface area (Å²) in [4.78, 5) is 0. The molecule has 1 N–H and O–H groups in total. The van der Waals surface area contributed by atoms with Gasteiger partial charge in [0.1, 0.15) is 11.6 Å². The molecule has 0 saturated carbocycles. The van der Waals surface area contributed by atoms with Gasteiger partial charge in [-0.1, -0.05) is 0 Å². The van der Waals surface area contributed by atoms with Crippen molar-refractivity contribution in [3.63, 3.8) is 0 Å². The smallest absolute Gasteiger partial charge is 0.182 e. The monoisotopic (exact) mass is 269 g/mol. The van der Waals surface area contributed by atoms with Gasteiger partial charge in [-0.2, -0.15) is 0 Å². The second kappa shape index (κ2) is 5.82. The van der Waals surface area contributed by atoms with Gasteiger partial charge in [0.05, 0.1) is 12.0 Å². The number of rotatable bonds is 5. The normalized spacial score (nSPS) is 12.4. The molecule has 0 aliphatic carbocycles. The van der Waals surface area contributed by atoms with E-state index in [1.807, 2.05) is 13.0 Å². The van der Waals surface area contributed by atoms with Crippen LogP contribution in [-0.2, 0) is 6.42 Å². The minimum absolute atomic E-state index is 0.138. The minimum atomic E-state index is -1.19. The molecule has 0 aliphatic rings. The van der Waals surface area contributed by atoms with Crippen molar-refractivity contribution < 1.29 is 17.6 Å². The minimum Gasteiger partial charge on any atom is -0.469 e.